The number of aromatic nitrogens is 3. The molecule has 1 N–H and O–H groups in total. The molecule has 0 aliphatic heterocycles. The molecule has 0 unspecified atom stereocenters. The Hall–Kier alpha value is -2.54. The standard InChI is InChI=1S/C14H16N4O3/c1-17(2)9-12-8-15-16-18(12)11-5-3-4-10(6-11)13(19)7-14(20)21/h3-6,8H,7,9H2,1-2H3,(H,20,21). The quantitative estimate of drug-likeness (QED) is 0.630. The molecule has 1 aromatic heterocycles. The Bertz CT molecular complexity index is 664. The molecular formula is C14H16N4O3. The van der Waals surface area contributed by atoms with Gasteiger partial charge in [-0.15, -0.1) is 5.10 Å². The van der Waals surface area contributed by atoms with Crippen LogP contribution in [0.5, 0.6) is 0 Å². The van der Waals surface area contributed by atoms with Crippen molar-refractivity contribution in [3.63, 3.8) is 0 Å². The van der Waals surface area contributed by atoms with E-state index in [-0.39, 0.29) is 0 Å². The van der Waals surface area contributed by atoms with Gasteiger partial charge >= 0.3 is 5.97 Å². The van der Waals surface area contributed by atoms with Gasteiger partial charge in [-0.2, -0.15) is 0 Å². The van der Waals surface area contributed by atoms with E-state index in [4.69, 9.17) is 5.11 Å². The second-order valence-corrected chi connectivity index (χ2v) is 4.92. The molecule has 0 saturated heterocycles. The Labute approximate surface area is 121 Å². The van der Waals surface area contributed by atoms with E-state index >= 15 is 0 Å². The Morgan fingerprint density at radius 2 is 2.10 bits per heavy atom. The summed E-state index contributed by atoms with van der Waals surface area (Å²) in [7, 11) is 3.87. The maximum atomic E-state index is 11.8. The molecule has 2 aromatic rings. The van der Waals surface area contributed by atoms with Crippen molar-refractivity contribution in [3.05, 3.63) is 41.7 Å². The second-order valence-electron chi connectivity index (χ2n) is 4.92. The van der Waals surface area contributed by atoms with Crippen LogP contribution in [0, 0.1) is 0 Å². The van der Waals surface area contributed by atoms with Crippen molar-refractivity contribution in [2.75, 3.05) is 14.1 Å². The molecule has 0 saturated carbocycles. The normalized spacial score (nSPS) is 10.8. The predicted molar refractivity (Wildman–Crippen MR) is 75.3 cm³/mol. The number of hydrogen-bond donors (Lipinski definition) is 1. The first kappa shape index (κ1) is 14.9. The third-order valence-electron chi connectivity index (χ3n) is 2.82. The number of carboxylic acids is 1. The van der Waals surface area contributed by atoms with Crippen molar-refractivity contribution in [3.8, 4) is 5.69 Å². The molecule has 110 valence electrons. The Morgan fingerprint density at radius 3 is 2.76 bits per heavy atom. The van der Waals surface area contributed by atoms with Gasteiger partial charge in [0.1, 0.15) is 6.42 Å². The van der Waals surface area contributed by atoms with Crippen LogP contribution < -0.4 is 0 Å². The highest BCUT2D eigenvalue weighted by Crippen LogP contribution is 2.14. The minimum absolute atomic E-state index is 0.348. The van der Waals surface area contributed by atoms with E-state index in [1.807, 2.05) is 19.0 Å². The molecule has 0 aliphatic rings. The summed E-state index contributed by atoms with van der Waals surface area (Å²) in [5.41, 5.74) is 1.91. The van der Waals surface area contributed by atoms with Gasteiger partial charge in [0.2, 0.25) is 0 Å². The van der Waals surface area contributed by atoms with Gasteiger partial charge in [-0.3, -0.25) is 9.59 Å². The molecule has 21 heavy (non-hydrogen) atoms. The number of nitrogens with zero attached hydrogens (tertiary/aromatic N) is 4. The molecule has 0 fully saturated rings. The zero-order valence-electron chi connectivity index (χ0n) is 11.9. The lowest BCUT2D eigenvalue weighted by molar-refractivity contribution is -0.135. The lowest BCUT2D eigenvalue weighted by Crippen LogP contribution is -2.15. The van der Waals surface area contributed by atoms with Crippen LogP contribution in [-0.2, 0) is 11.3 Å². The number of benzene rings is 1. The van der Waals surface area contributed by atoms with Crippen LogP contribution in [0.3, 0.4) is 0 Å². The molecular weight excluding hydrogens is 272 g/mol. The summed E-state index contributed by atoms with van der Waals surface area (Å²) in [5, 5.41) is 16.6. The fourth-order valence-corrected chi connectivity index (χ4v) is 1.96. The fraction of sp³-hybridized carbons (Fsp3) is 0.286. The van der Waals surface area contributed by atoms with E-state index < -0.39 is 18.2 Å². The second kappa shape index (κ2) is 6.27. The van der Waals surface area contributed by atoms with Gasteiger partial charge < -0.3 is 10.0 Å². The molecule has 2 rings (SSSR count). The van der Waals surface area contributed by atoms with Gasteiger partial charge in [0.15, 0.2) is 5.78 Å². The van der Waals surface area contributed by atoms with Crippen LogP contribution in [0.1, 0.15) is 22.5 Å². The van der Waals surface area contributed by atoms with E-state index in [1.165, 1.54) is 0 Å². The molecule has 0 radical (unpaired) electrons. The van der Waals surface area contributed by atoms with E-state index in [0.717, 1.165) is 5.69 Å². The summed E-state index contributed by atoms with van der Waals surface area (Å²) < 4.78 is 1.64. The number of aliphatic carboxylic acids is 1. The zero-order valence-corrected chi connectivity index (χ0v) is 11.9. The zero-order chi connectivity index (χ0) is 15.4. The number of carbonyl (C=O) groups is 2. The average molecular weight is 288 g/mol. The maximum absolute atomic E-state index is 11.8. The van der Waals surface area contributed by atoms with Crippen molar-refractivity contribution in [2.24, 2.45) is 0 Å². The molecule has 1 heterocycles. The largest absolute Gasteiger partial charge is 0.481 e. The molecule has 0 atom stereocenters. The van der Waals surface area contributed by atoms with Crippen LogP contribution >= 0.6 is 0 Å². The smallest absolute Gasteiger partial charge is 0.311 e. The summed E-state index contributed by atoms with van der Waals surface area (Å²) in [5.74, 6) is -1.57. The Morgan fingerprint density at radius 1 is 1.33 bits per heavy atom. The predicted octanol–water partition coefficient (Wildman–Crippen LogP) is 0.986. The first-order chi connectivity index (χ1) is 9.97. The summed E-state index contributed by atoms with van der Waals surface area (Å²) >= 11 is 0. The topological polar surface area (TPSA) is 88.3 Å². The van der Waals surface area contributed by atoms with E-state index in [1.54, 1.807) is 35.1 Å². The summed E-state index contributed by atoms with van der Waals surface area (Å²) in [4.78, 5) is 24.4. The highest BCUT2D eigenvalue weighted by atomic mass is 16.4. The van der Waals surface area contributed by atoms with Gasteiger partial charge in [-0.05, 0) is 26.2 Å². The van der Waals surface area contributed by atoms with Crippen molar-refractivity contribution >= 4 is 11.8 Å². The first-order valence-electron chi connectivity index (χ1n) is 6.37. The lowest BCUT2D eigenvalue weighted by atomic mass is 10.1. The van der Waals surface area contributed by atoms with E-state index in [0.29, 0.717) is 17.8 Å². The number of Topliss-reactive ketones (excluding diaryl/α,β-unsaturated/α-hetero) is 1. The molecule has 0 aliphatic carbocycles. The molecule has 0 bridgehead atoms. The minimum atomic E-state index is -1.14. The Kier molecular flexibility index (Phi) is 4.44. The number of hydrogen-bond acceptors (Lipinski definition) is 5. The van der Waals surface area contributed by atoms with Gasteiger partial charge in [0, 0.05) is 12.1 Å². The fourth-order valence-electron chi connectivity index (χ4n) is 1.96. The highest BCUT2D eigenvalue weighted by Gasteiger charge is 2.13. The first-order valence-corrected chi connectivity index (χ1v) is 6.37. The van der Waals surface area contributed by atoms with Crippen LogP contribution in [0.15, 0.2) is 30.5 Å². The van der Waals surface area contributed by atoms with Crippen molar-refractivity contribution < 1.29 is 14.7 Å². The van der Waals surface area contributed by atoms with Crippen LogP contribution in [-0.4, -0.2) is 50.8 Å². The summed E-state index contributed by atoms with van der Waals surface area (Å²) in [6.07, 6.45) is 1.14. The summed E-state index contributed by atoms with van der Waals surface area (Å²) in [6, 6.07) is 6.72. The van der Waals surface area contributed by atoms with Crippen LogP contribution in [0.25, 0.3) is 5.69 Å². The van der Waals surface area contributed by atoms with Gasteiger partial charge in [-0.25, -0.2) is 4.68 Å². The molecule has 0 amide bonds. The van der Waals surface area contributed by atoms with Gasteiger partial charge in [-0.1, -0.05) is 17.3 Å². The molecule has 1 aromatic carbocycles. The number of rotatable bonds is 6. The van der Waals surface area contributed by atoms with Crippen molar-refractivity contribution in [1.82, 2.24) is 19.9 Å². The number of carbonyl (C=O) groups excluding carboxylic acids is 1. The Balaban J connectivity index is 2.31. The molecule has 0 spiro atoms. The monoisotopic (exact) mass is 288 g/mol. The number of ketones is 1. The SMILES string of the molecule is CN(C)Cc1cnnn1-c1cccc(C(=O)CC(=O)O)c1. The van der Waals surface area contributed by atoms with E-state index in [2.05, 4.69) is 10.3 Å². The van der Waals surface area contributed by atoms with Gasteiger partial charge in [0.05, 0.1) is 17.6 Å². The minimum Gasteiger partial charge on any atom is -0.481 e. The summed E-state index contributed by atoms with van der Waals surface area (Å²) in [6.45, 7) is 0.653. The maximum Gasteiger partial charge on any atom is 0.311 e. The third-order valence-corrected chi connectivity index (χ3v) is 2.82. The molecule has 7 heteroatoms. The van der Waals surface area contributed by atoms with Crippen molar-refractivity contribution in [1.29, 1.82) is 0 Å². The lowest BCUT2D eigenvalue weighted by Gasteiger charge is -2.11. The highest BCUT2D eigenvalue weighted by molar-refractivity contribution is 6.05. The number of carboxylic acid groups (broad SMARTS) is 1. The van der Waals surface area contributed by atoms with Gasteiger partial charge in [0.25, 0.3) is 0 Å². The van der Waals surface area contributed by atoms with Crippen molar-refractivity contribution in [2.45, 2.75) is 13.0 Å². The van der Waals surface area contributed by atoms with Crippen LogP contribution in [0.2, 0.25) is 0 Å². The average Bonchev–Trinajstić information content (AvgIpc) is 2.85. The van der Waals surface area contributed by atoms with Crippen LogP contribution in [0.4, 0.5) is 0 Å². The molecule has 7 nitrogen and oxygen atoms in total. The van der Waals surface area contributed by atoms with E-state index in [9.17, 15) is 9.59 Å². The third kappa shape index (κ3) is 3.73.